The molecule has 2 bridgehead atoms. The summed E-state index contributed by atoms with van der Waals surface area (Å²) in [7, 11) is 1.75. The largest absolute Gasteiger partial charge is 0.496 e. The molecule has 5 fully saturated rings. The molecule has 2 aromatic heterocycles. The van der Waals surface area contributed by atoms with Crippen LogP contribution in [0.2, 0.25) is 0 Å². The number of nitrogens with zero attached hydrogens (tertiary/aromatic N) is 3. The van der Waals surface area contributed by atoms with Crippen LogP contribution in [0.3, 0.4) is 0 Å². The van der Waals surface area contributed by atoms with Crippen LogP contribution >= 0.6 is 11.3 Å². The number of anilines is 1. The van der Waals surface area contributed by atoms with Gasteiger partial charge in [0.1, 0.15) is 11.6 Å². The Morgan fingerprint density at radius 2 is 1.74 bits per heavy atom. The van der Waals surface area contributed by atoms with Gasteiger partial charge in [0.25, 0.3) is 0 Å². The fourth-order valence-corrected chi connectivity index (χ4v) is 9.26. The van der Waals surface area contributed by atoms with Crippen LogP contribution < -0.4 is 15.0 Å². The van der Waals surface area contributed by atoms with E-state index in [1.165, 1.54) is 36.8 Å². The predicted molar refractivity (Wildman–Crippen MR) is 200 cm³/mol. The standard InChI is InChI=1S/C36H47N3O2S.C4H7NO3.H2/c1-25-21-28(11-12-29(25)41-5)36-17-14-35(15-18-36,16-19-36)24-39(32(40)26-9-7-6-8-10-26)31-22-27(13-20-37-31)30-23-38-33(42-30)34(2,3)4;6-4(7)5-3-1-8-2-3;/h11-13,20-23,26H,6-10,14-19,24H2,1-5H3;3,5H,1-2H2,(H,6,7);1H. The molecule has 0 unspecified atom stereocenters. The van der Waals surface area contributed by atoms with Gasteiger partial charge in [-0.05, 0) is 104 Å². The van der Waals surface area contributed by atoms with Gasteiger partial charge in [0.2, 0.25) is 5.91 Å². The lowest BCUT2D eigenvalue weighted by Crippen LogP contribution is -2.51. The van der Waals surface area contributed by atoms with Crippen molar-refractivity contribution in [3.8, 4) is 16.2 Å². The van der Waals surface area contributed by atoms with Gasteiger partial charge in [-0.25, -0.2) is 14.8 Å². The second-order valence-electron chi connectivity index (χ2n) is 16.1. The number of aromatic nitrogens is 2. The van der Waals surface area contributed by atoms with Gasteiger partial charge in [-0.1, -0.05) is 52.2 Å². The summed E-state index contributed by atoms with van der Waals surface area (Å²) in [5, 5.41) is 11.5. The third-order valence-corrected chi connectivity index (χ3v) is 13.0. The van der Waals surface area contributed by atoms with Crippen molar-refractivity contribution in [2.45, 2.75) is 115 Å². The van der Waals surface area contributed by atoms with Crippen molar-refractivity contribution in [1.82, 2.24) is 15.3 Å². The minimum atomic E-state index is -0.974. The molecule has 2 N–H and O–H groups in total. The van der Waals surface area contributed by atoms with E-state index in [-0.39, 0.29) is 29.6 Å². The Morgan fingerprint density at radius 1 is 1.04 bits per heavy atom. The SMILES string of the molecule is COc1ccc(C23CCC(CN(C(=O)C4CCCCC4)c4cc(-c5cnc(C(C)(C)C)s5)ccn4)(CC2)CC3)cc1C.O=C(O)NC1COC1.[HH]. The van der Waals surface area contributed by atoms with E-state index in [4.69, 9.17) is 24.5 Å². The first-order valence-electron chi connectivity index (χ1n) is 18.4. The van der Waals surface area contributed by atoms with Gasteiger partial charge in [0.15, 0.2) is 0 Å². The molecule has 5 aliphatic rings. The Morgan fingerprint density at radius 3 is 2.28 bits per heavy atom. The zero-order valence-corrected chi connectivity index (χ0v) is 31.2. The van der Waals surface area contributed by atoms with Crippen LogP contribution in [-0.4, -0.2) is 60.0 Å². The van der Waals surface area contributed by atoms with E-state index in [0.29, 0.717) is 19.1 Å². The molecule has 8 rings (SSSR count). The first-order valence-corrected chi connectivity index (χ1v) is 19.2. The van der Waals surface area contributed by atoms with Gasteiger partial charge >= 0.3 is 6.09 Å². The molecule has 4 saturated carbocycles. The lowest BCUT2D eigenvalue weighted by molar-refractivity contribution is -0.124. The molecule has 0 spiro atoms. The van der Waals surface area contributed by atoms with Gasteiger partial charge in [-0.2, -0.15) is 0 Å². The minimum Gasteiger partial charge on any atom is -0.496 e. The zero-order valence-electron chi connectivity index (χ0n) is 30.4. The highest BCUT2D eigenvalue weighted by molar-refractivity contribution is 7.15. The van der Waals surface area contributed by atoms with E-state index in [1.54, 1.807) is 18.4 Å². The molecule has 2 amide bonds. The van der Waals surface area contributed by atoms with E-state index in [9.17, 15) is 9.59 Å². The van der Waals surface area contributed by atoms with E-state index in [1.807, 2.05) is 12.4 Å². The number of ether oxygens (including phenoxy) is 2. The van der Waals surface area contributed by atoms with Crippen molar-refractivity contribution in [3.05, 3.63) is 58.9 Å². The van der Waals surface area contributed by atoms with Crippen LogP contribution in [0.15, 0.2) is 42.7 Å². The van der Waals surface area contributed by atoms with E-state index in [2.05, 4.69) is 68.2 Å². The highest BCUT2D eigenvalue weighted by atomic mass is 32.1. The molecule has 9 nitrogen and oxygen atoms in total. The van der Waals surface area contributed by atoms with Crippen molar-refractivity contribution in [1.29, 1.82) is 0 Å². The second kappa shape index (κ2) is 15.0. The molecule has 272 valence electrons. The summed E-state index contributed by atoms with van der Waals surface area (Å²) < 4.78 is 10.3. The molecule has 1 aromatic carbocycles. The number of hydrogen-bond acceptors (Lipinski definition) is 7. The number of methoxy groups -OCH3 is 1. The fourth-order valence-electron chi connectivity index (χ4n) is 8.29. The van der Waals surface area contributed by atoms with Crippen molar-refractivity contribution in [3.63, 3.8) is 0 Å². The number of benzene rings is 1. The normalized spacial score (nSPS) is 23.7. The summed E-state index contributed by atoms with van der Waals surface area (Å²) in [4.78, 5) is 36.9. The number of aryl methyl sites for hydroxylation is 1. The number of pyridine rings is 1. The average molecular weight is 705 g/mol. The molecule has 3 aromatic rings. The summed E-state index contributed by atoms with van der Waals surface area (Å²) in [5.41, 5.74) is 4.23. The number of carboxylic acid groups (broad SMARTS) is 1. The van der Waals surface area contributed by atoms with Gasteiger partial charge in [0.05, 0.1) is 36.3 Å². The Bertz CT molecular complexity index is 1640. The number of hydrogen-bond donors (Lipinski definition) is 2. The highest BCUT2D eigenvalue weighted by Crippen LogP contribution is 2.58. The summed E-state index contributed by atoms with van der Waals surface area (Å²) >= 11 is 1.75. The number of carbonyl (C=O) groups excluding carboxylic acids is 1. The molecule has 1 saturated heterocycles. The Hall–Kier alpha value is -3.50. The van der Waals surface area contributed by atoms with Gasteiger partial charge < -0.3 is 19.9 Å². The third kappa shape index (κ3) is 8.01. The molecule has 3 heterocycles. The van der Waals surface area contributed by atoms with Crippen LogP contribution in [0.25, 0.3) is 10.4 Å². The number of fused-ring (bicyclic) bond motifs is 3. The molecule has 0 atom stereocenters. The fraction of sp³-hybridized carbons (Fsp3) is 0.600. The molecule has 10 heteroatoms. The molecule has 1 aliphatic heterocycles. The molecule has 4 aliphatic carbocycles. The lowest BCUT2D eigenvalue weighted by Gasteiger charge is -2.55. The van der Waals surface area contributed by atoms with Gasteiger partial charge in [0, 0.05) is 31.7 Å². The Labute approximate surface area is 302 Å². The Balaban J connectivity index is 0.000000496. The van der Waals surface area contributed by atoms with Crippen LogP contribution in [0.5, 0.6) is 5.75 Å². The van der Waals surface area contributed by atoms with Crippen molar-refractivity contribution in [2.24, 2.45) is 11.3 Å². The van der Waals surface area contributed by atoms with Crippen LogP contribution in [0.4, 0.5) is 10.6 Å². The topological polar surface area (TPSA) is 114 Å². The summed E-state index contributed by atoms with van der Waals surface area (Å²) in [6, 6.07) is 11.0. The summed E-state index contributed by atoms with van der Waals surface area (Å²) in [6.45, 7) is 10.6. The Kier molecular flexibility index (Phi) is 10.9. The van der Waals surface area contributed by atoms with Gasteiger partial charge in [-0.15, -0.1) is 11.3 Å². The predicted octanol–water partition coefficient (Wildman–Crippen LogP) is 8.92. The second-order valence-corrected chi connectivity index (χ2v) is 17.1. The smallest absolute Gasteiger partial charge is 0.405 e. The van der Waals surface area contributed by atoms with Crippen LogP contribution in [-0.2, 0) is 20.4 Å². The van der Waals surface area contributed by atoms with E-state index in [0.717, 1.165) is 78.5 Å². The van der Waals surface area contributed by atoms with Crippen molar-refractivity contribution < 1.29 is 25.6 Å². The molecular weight excluding hydrogens is 649 g/mol. The zero-order chi connectivity index (χ0) is 35.5. The maximum Gasteiger partial charge on any atom is 0.405 e. The van der Waals surface area contributed by atoms with Gasteiger partial charge in [-0.3, -0.25) is 9.69 Å². The van der Waals surface area contributed by atoms with Crippen molar-refractivity contribution >= 4 is 29.2 Å². The van der Waals surface area contributed by atoms with Crippen molar-refractivity contribution in [2.75, 3.05) is 31.8 Å². The van der Waals surface area contributed by atoms with Crippen LogP contribution in [0.1, 0.15) is 109 Å². The van der Waals surface area contributed by atoms with Crippen LogP contribution in [0, 0.1) is 18.3 Å². The number of carbonyl (C=O) groups is 2. The third-order valence-electron chi connectivity index (χ3n) is 11.5. The summed E-state index contributed by atoms with van der Waals surface area (Å²) in [5.74, 6) is 2.19. The average Bonchev–Trinajstić information content (AvgIpc) is 3.62. The minimum absolute atomic E-state index is 0. The summed E-state index contributed by atoms with van der Waals surface area (Å²) in [6.07, 6.45) is 15.5. The molecular formula is C40H56N4O5S. The monoisotopic (exact) mass is 704 g/mol. The molecule has 0 radical (unpaired) electrons. The number of amides is 2. The maximum atomic E-state index is 14.3. The highest BCUT2D eigenvalue weighted by Gasteiger charge is 2.50. The first-order chi connectivity index (χ1) is 23.9. The molecule has 50 heavy (non-hydrogen) atoms. The maximum absolute atomic E-state index is 14.3. The number of rotatable bonds is 8. The van der Waals surface area contributed by atoms with E-state index < -0.39 is 6.09 Å². The quantitative estimate of drug-likeness (QED) is 0.241. The number of thiazole rings is 1. The first kappa shape index (κ1) is 36.3. The van der Waals surface area contributed by atoms with E-state index >= 15 is 0 Å². The lowest BCUT2D eigenvalue weighted by atomic mass is 9.51. The number of nitrogens with one attached hydrogen (secondary N) is 1.